The molecule has 16 heavy (non-hydrogen) atoms. The zero-order valence-electron chi connectivity index (χ0n) is 9.60. The fourth-order valence-electron chi connectivity index (χ4n) is 2.43. The first kappa shape index (κ1) is 12.4. The quantitative estimate of drug-likeness (QED) is 0.768. The van der Waals surface area contributed by atoms with E-state index >= 15 is 0 Å². The van der Waals surface area contributed by atoms with Gasteiger partial charge in [0, 0.05) is 44.0 Å². The van der Waals surface area contributed by atoms with Crippen LogP contribution >= 0.6 is 47.0 Å². The van der Waals surface area contributed by atoms with E-state index in [2.05, 4.69) is 47.0 Å². The average Bonchev–Trinajstić information content (AvgIpc) is 2.19. The Bertz CT molecular complexity index is 193. The first-order chi connectivity index (χ1) is 7.90. The summed E-state index contributed by atoms with van der Waals surface area (Å²) in [6.45, 7) is 0. The first-order valence-corrected chi connectivity index (χ1v) is 10.6. The van der Waals surface area contributed by atoms with Crippen molar-refractivity contribution in [3.8, 4) is 0 Å². The molecule has 0 amide bonds. The molecule has 4 heteroatoms. The van der Waals surface area contributed by atoms with Crippen molar-refractivity contribution in [2.75, 3.05) is 23.0 Å². The lowest BCUT2D eigenvalue weighted by molar-refractivity contribution is 0.526. The highest BCUT2D eigenvalue weighted by Gasteiger charge is 2.29. The van der Waals surface area contributed by atoms with E-state index < -0.39 is 0 Å². The maximum absolute atomic E-state index is 2.31. The zero-order chi connectivity index (χ0) is 10.8. The summed E-state index contributed by atoms with van der Waals surface area (Å²) in [6, 6.07) is 0. The molecule has 2 aliphatic heterocycles. The largest absolute Gasteiger partial charge is 0.160 e. The highest BCUT2D eigenvalue weighted by molar-refractivity contribution is 8.08. The second-order valence-electron chi connectivity index (χ2n) is 4.99. The van der Waals surface area contributed by atoms with Gasteiger partial charge in [-0.1, -0.05) is 0 Å². The van der Waals surface area contributed by atoms with Crippen molar-refractivity contribution in [3.63, 3.8) is 0 Å². The van der Waals surface area contributed by atoms with Crippen molar-refractivity contribution in [1.82, 2.24) is 0 Å². The van der Waals surface area contributed by atoms with Crippen LogP contribution in [0, 0.1) is 0 Å². The number of hydrogen-bond donors (Lipinski definition) is 0. The fourth-order valence-corrected chi connectivity index (χ4v) is 7.88. The van der Waals surface area contributed by atoms with Crippen molar-refractivity contribution in [2.45, 2.75) is 46.7 Å². The van der Waals surface area contributed by atoms with Gasteiger partial charge in [-0.25, -0.2) is 0 Å². The van der Waals surface area contributed by atoms with Gasteiger partial charge in [0.1, 0.15) is 0 Å². The van der Waals surface area contributed by atoms with Gasteiger partial charge >= 0.3 is 0 Å². The van der Waals surface area contributed by atoms with Gasteiger partial charge in [0.25, 0.3) is 0 Å². The van der Waals surface area contributed by atoms with E-state index in [-0.39, 0.29) is 0 Å². The standard InChI is InChI=1S/C12H20S4/c1-2-10(16-12-7-14-8-12)4-3-9(1)15-11-5-13-6-11/h9-12H,1-8H2. The van der Waals surface area contributed by atoms with Crippen LogP contribution in [0.5, 0.6) is 0 Å². The molecule has 0 aromatic rings. The summed E-state index contributed by atoms with van der Waals surface area (Å²) in [5.74, 6) is 5.72. The molecule has 2 saturated heterocycles. The van der Waals surface area contributed by atoms with Gasteiger partial charge in [-0.3, -0.25) is 0 Å². The predicted molar refractivity (Wildman–Crippen MR) is 83.5 cm³/mol. The number of rotatable bonds is 4. The Labute approximate surface area is 116 Å². The van der Waals surface area contributed by atoms with E-state index in [4.69, 9.17) is 0 Å². The third kappa shape index (κ3) is 3.24. The summed E-state index contributed by atoms with van der Waals surface area (Å²) in [5.41, 5.74) is 0. The highest BCUT2D eigenvalue weighted by Crippen LogP contribution is 2.42. The molecule has 3 aliphatic rings. The summed E-state index contributed by atoms with van der Waals surface area (Å²) < 4.78 is 0. The Morgan fingerprint density at radius 2 is 0.938 bits per heavy atom. The van der Waals surface area contributed by atoms with E-state index in [1.807, 2.05) is 0 Å². The van der Waals surface area contributed by atoms with Crippen LogP contribution in [0.1, 0.15) is 25.7 Å². The van der Waals surface area contributed by atoms with Crippen LogP contribution in [0.4, 0.5) is 0 Å². The molecule has 1 aliphatic carbocycles. The van der Waals surface area contributed by atoms with Crippen LogP contribution in [0.15, 0.2) is 0 Å². The summed E-state index contributed by atoms with van der Waals surface area (Å²) in [6.07, 6.45) is 6.01. The van der Waals surface area contributed by atoms with Gasteiger partial charge in [-0.15, -0.1) is 0 Å². The molecule has 0 N–H and O–H groups in total. The van der Waals surface area contributed by atoms with Crippen molar-refractivity contribution >= 4 is 47.0 Å². The third-order valence-electron chi connectivity index (χ3n) is 3.61. The molecule has 0 spiro atoms. The third-order valence-corrected chi connectivity index (χ3v) is 10.2. The molecule has 0 atom stereocenters. The Hall–Kier alpha value is 1.40. The molecule has 0 nitrogen and oxygen atoms in total. The number of hydrogen-bond acceptors (Lipinski definition) is 4. The Balaban J connectivity index is 1.34. The van der Waals surface area contributed by atoms with Crippen molar-refractivity contribution < 1.29 is 0 Å². The minimum Gasteiger partial charge on any atom is -0.160 e. The maximum Gasteiger partial charge on any atom is 0.0231 e. The summed E-state index contributed by atoms with van der Waals surface area (Å²) in [5, 5.41) is 4.06. The van der Waals surface area contributed by atoms with Crippen molar-refractivity contribution in [1.29, 1.82) is 0 Å². The van der Waals surface area contributed by atoms with Gasteiger partial charge in [-0.05, 0) is 25.7 Å². The molecule has 1 saturated carbocycles. The topological polar surface area (TPSA) is 0 Å². The van der Waals surface area contributed by atoms with Crippen LogP contribution in [0.25, 0.3) is 0 Å². The zero-order valence-corrected chi connectivity index (χ0v) is 12.9. The molecule has 0 aromatic heterocycles. The van der Waals surface area contributed by atoms with Crippen LogP contribution in [0.3, 0.4) is 0 Å². The van der Waals surface area contributed by atoms with Crippen LogP contribution in [0.2, 0.25) is 0 Å². The lowest BCUT2D eigenvalue weighted by Crippen LogP contribution is -2.29. The average molecular weight is 293 g/mol. The molecular formula is C12H20S4. The molecule has 3 fully saturated rings. The van der Waals surface area contributed by atoms with Crippen LogP contribution in [-0.2, 0) is 0 Å². The van der Waals surface area contributed by atoms with Crippen LogP contribution in [-0.4, -0.2) is 44.0 Å². The second-order valence-corrected chi connectivity index (χ2v) is 10.4. The van der Waals surface area contributed by atoms with E-state index in [1.165, 1.54) is 48.7 Å². The van der Waals surface area contributed by atoms with Gasteiger partial charge in [0.15, 0.2) is 0 Å². The fraction of sp³-hybridized carbons (Fsp3) is 1.00. The van der Waals surface area contributed by atoms with E-state index in [0.717, 1.165) is 21.0 Å². The monoisotopic (exact) mass is 292 g/mol. The summed E-state index contributed by atoms with van der Waals surface area (Å²) in [7, 11) is 0. The minimum atomic E-state index is 1.01. The van der Waals surface area contributed by atoms with E-state index in [9.17, 15) is 0 Å². The van der Waals surface area contributed by atoms with Gasteiger partial charge in [0.05, 0.1) is 0 Å². The van der Waals surface area contributed by atoms with E-state index in [0.29, 0.717) is 0 Å². The summed E-state index contributed by atoms with van der Waals surface area (Å²) >= 11 is 8.88. The highest BCUT2D eigenvalue weighted by atomic mass is 32.2. The molecule has 92 valence electrons. The minimum absolute atomic E-state index is 1.01. The Morgan fingerprint density at radius 3 is 1.19 bits per heavy atom. The molecule has 0 radical (unpaired) electrons. The first-order valence-electron chi connectivity index (χ1n) is 6.36. The smallest absolute Gasteiger partial charge is 0.0231 e. The Kier molecular flexibility index (Phi) is 4.69. The molecule has 0 aromatic carbocycles. The van der Waals surface area contributed by atoms with Crippen molar-refractivity contribution in [3.05, 3.63) is 0 Å². The lowest BCUT2D eigenvalue weighted by atomic mass is 10.00. The van der Waals surface area contributed by atoms with Crippen molar-refractivity contribution in [2.24, 2.45) is 0 Å². The molecule has 3 rings (SSSR count). The van der Waals surface area contributed by atoms with Crippen LogP contribution < -0.4 is 0 Å². The molecular weight excluding hydrogens is 272 g/mol. The van der Waals surface area contributed by atoms with E-state index in [1.54, 1.807) is 0 Å². The van der Waals surface area contributed by atoms with Gasteiger partial charge < -0.3 is 0 Å². The van der Waals surface area contributed by atoms with Gasteiger partial charge in [-0.2, -0.15) is 47.0 Å². The Morgan fingerprint density at radius 1 is 0.562 bits per heavy atom. The normalized spacial score (nSPS) is 36.8. The maximum atomic E-state index is 2.31. The molecule has 0 bridgehead atoms. The molecule has 0 unspecified atom stereocenters. The summed E-state index contributed by atoms with van der Waals surface area (Å²) in [4.78, 5) is 0. The van der Waals surface area contributed by atoms with Gasteiger partial charge in [0.2, 0.25) is 0 Å². The number of thioether (sulfide) groups is 4. The SMILES string of the molecule is C1CC(SC2CSC2)CCC1SC1CSC1. The lowest BCUT2D eigenvalue weighted by Gasteiger charge is -2.35. The predicted octanol–water partition coefficient (Wildman–Crippen LogP) is 3.99. The second kappa shape index (κ2) is 6.03. The molecule has 2 heterocycles.